The molecular formula is C33H45B2BrN2O10. The monoisotopic (exact) mass is 730 g/mol. The summed E-state index contributed by atoms with van der Waals surface area (Å²) in [6, 6.07) is 7.80. The van der Waals surface area contributed by atoms with Gasteiger partial charge < -0.3 is 48.2 Å². The highest BCUT2D eigenvalue weighted by Gasteiger charge is 2.45. The molecule has 2 aromatic carbocycles. The summed E-state index contributed by atoms with van der Waals surface area (Å²) in [6.07, 6.45) is -1.68. The molecule has 4 unspecified atom stereocenters. The van der Waals surface area contributed by atoms with Gasteiger partial charge in [-0.05, 0) is 97.2 Å². The number of halogens is 1. The minimum Gasteiger partial charge on any atom is -0.491 e. The number of alkyl carbamates (subject to hydrolysis) is 2. The maximum atomic E-state index is 11.9. The summed E-state index contributed by atoms with van der Waals surface area (Å²) in [4.78, 5) is 23.8. The van der Waals surface area contributed by atoms with Crippen LogP contribution in [-0.4, -0.2) is 76.1 Å². The van der Waals surface area contributed by atoms with Gasteiger partial charge >= 0.3 is 26.4 Å². The smallest absolute Gasteiger partial charge is 0.491 e. The third-order valence-electron chi connectivity index (χ3n) is 7.67. The third-order valence-corrected chi connectivity index (χ3v) is 8.36. The van der Waals surface area contributed by atoms with E-state index in [2.05, 4.69) is 26.6 Å². The van der Waals surface area contributed by atoms with Gasteiger partial charge in [0.15, 0.2) is 0 Å². The summed E-state index contributed by atoms with van der Waals surface area (Å²) >= 11 is 3.56. The maximum absolute atomic E-state index is 11.9. The first kappa shape index (κ1) is 36.3. The number of rotatable bonds is 4. The number of hydrogen-bond acceptors (Lipinski definition) is 10. The molecule has 260 valence electrons. The van der Waals surface area contributed by atoms with Crippen LogP contribution in [0.15, 0.2) is 28.7 Å². The maximum Gasteiger partial charge on any atom is 0.498 e. The first-order valence-corrected chi connectivity index (χ1v) is 17.0. The molecule has 0 saturated heterocycles. The second kappa shape index (κ2) is 14.5. The molecule has 0 aromatic heterocycles. The van der Waals surface area contributed by atoms with Crippen LogP contribution in [0.1, 0.15) is 84.3 Å². The fraction of sp³-hybridized carbons (Fsp3) is 0.576. The lowest BCUT2D eigenvalue weighted by Crippen LogP contribution is -2.36. The van der Waals surface area contributed by atoms with E-state index in [9.17, 15) is 9.59 Å². The second-order valence-electron chi connectivity index (χ2n) is 14.3. The van der Waals surface area contributed by atoms with E-state index in [1.807, 2.05) is 86.6 Å². The molecule has 4 heterocycles. The molecule has 0 radical (unpaired) electrons. The van der Waals surface area contributed by atoms with Gasteiger partial charge in [-0.25, -0.2) is 9.59 Å². The normalized spacial score (nSPS) is 22.5. The number of ether oxygens (including phenoxy) is 4. The Kier molecular flexibility index (Phi) is 11.0. The van der Waals surface area contributed by atoms with E-state index < -0.39 is 37.6 Å². The van der Waals surface area contributed by atoms with Crippen molar-refractivity contribution < 1.29 is 47.2 Å². The quantitative estimate of drug-likeness (QED) is 0.430. The summed E-state index contributed by atoms with van der Waals surface area (Å²) in [5.41, 5.74) is 3.83. The van der Waals surface area contributed by atoms with Crippen LogP contribution >= 0.6 is 15.9 Å². The average molecular weight is 731 g/mol. The number of carbonyl (C=O) groups is 2. The molecule has 4 atom stereocenters. The van der Waals surface area contributed by atoms with E-state index in [0.717, 1.165) is 43.6 Å². The molecule has 4 aliphatic rings. The molecule has 12 nitrogen and oxygen atoms in total. The fourth-order valence-corrected chi connectivity index (χ4v) is 6.38. The molecule has 2 amide bonds. The Morgan fingerprint density at radius 3 is 1.67 bits per heavy atom. The van der Waals surface area contributed by atoms with Gasteiger partial charge in [0, 0.05) is 28.5 Å². The number of carbonyl (C=O) groups excluding carboxylic acids is 2. The zero-order valence-electron chi connectivity index (χ0n) is 29.1. The predicted octanol–water partition coefficient (Wildman–Crippen LogP) is 4.62. The molecule has 0 aliphatic carbocycles. The lowest BCUT2D eigenvalue weighted by Gasteiger charge is -2.22. The minimum absolute atomic E-state index is 0.0619. The Hall–Kier alpha value is -2.97. The van der Waals surface area contributed by atoms with Crippen molar-refractivity contribution in [3.63, 3.8) is 0 Å². The topological polar surface area (TPSA) is 132 Å². The van der Waals surface area contributed by atoms with Crippen LogP contribution in [0.5, 0.6) is 11.5 Å². The Morgan fingerprint density at radius 1 is 0.750 bits per heavy atom. The van der Waals surface area contributed by atoms with Gasteiger partial charge in [0.2, 0.25) is 0 Å². The van der Waals surface area contributed by atoms with Crippen LogP contribution in [-0.2, 0) is 28.1 Å². The van der Waals surface area contributed by atoms with Crippen molar-refractivity contribution in [1.29, 1.82) is 0 Å². The van der Waals surface area contributed by atoms with Gasteiger partial charge in [-0.3, -0.25) is 0 Å². The van der Waals surface area contributed by atoms with E-state index >= 15 is 0 Å². The minimum atomic E-state index is -0.540. The molecule has 15 heteroatoms. The van der Waals surface area contributed by atoms with Gasteiger partial charge in [-0.1, -0.05) is 22.0 Å². The SMILES string of the molecule is CC1COc2ccc(Br)c3c2B(O1)OC3CNC(=O)OC(C)(C)C.Cc1ccc2c3c1C(CNC(=O)OC(C)(C)C)OB3OC(C)CO2. The van der Waals surface area contributed by atoms with Crippen molar-refractivity contribution in [3.8, 4) is 11.5 Å². The number of benzene rings is 2. The highest BCUT2D eigenvalue weighted by molar-refractivity contribution is 9.10. The molecule has 0 spiro atoms. The fourth-order valence-electron chi connectivity index (χ4n) is 5.77. The molecule has 48 heavy (non-hydrogen) atoms. The van der Waals surface area contributed by atoms with Crippen molar-refractivity contribution in [3.05, 3.63) is 45.4 Å². The number of nitrogens with one attached hydrogen (secondary N) is 2. The molecule has 2 aromatic rings. The summed E-state index contributed by atoms with van der Waals surface area (Å²) < 4.78 is 47.0. The zero-order valence-corrected chi connectivity index (χ0v) is 30.6. The van der Waals surface area contributed by atoms with Gasteiger partial charge in [-0.2, -0.15) is 0 Å². The molecule has 6 rings (SSSR count). The number of amides is 2. The van der Waals surface area contributed by atoms with Crippen molar-refractivity contribution in [2.24, 2.45) is 0 Å². The van der Waals surface area contributed by atoms with Crippen molar-refractivity contribution in [1.82, 2.24) is 10.6 Å². The van der Waals surface area contributed by atoms with Crippen LogP contribution in [0, 0.1) is 6.92 Å². The number of aryl methyl sites for hydroxylation is 1. The second-order valence-corrected chi connectivity index (χ2v) is 15.1. The highest BCUT2D eigenvalue weighted by atomic mass is 79.9. The van der Waals surface area contributed by atoms with E-state index in [4.69, 9.17) is 37.6 Å². The number of hydrogen-bond donors (Lipinski definition) is 2. The molecule has 0 saturated carbocycles. The van der Waals surface area contributed by atoms with Gasteiger partial charge in [0.1, 0.15) is 35.9 Å². The van der Waals surface area contributed by atoms with E-state index in [-0.39, 0.29) is 31.0 Å². The Bertz CT molecular complexity index is 1400. The van der Waals surface area contributed by atoms with Gasteiger partial charge in [0.25, 0.3) is 0 Å². The molecular weight excluding hydrogens is 686 g/mol. The van der Waals surface area contributed by atoms with Crippen molar-refractivity contribution in [2.75, 3.05) is 26.3 Å². The Morgan fingerprint density at radius 2 is 1.19 bits per heavy atom. The lowest BCUT2D eigenvalue weighted by molar-refractivity contribution is 0.0477. The Balaban J connectivity index is 0.000000188. The zero-order chi connectivity index (χ0) is 35.0. The standard InChI is InChI=1S/C17H24BNO5.C16H21BBrNO5/c1-10-6-7-12-15-14(10)13(8-19-16(20)22-17(3,4)5)24-18(15)23-11(2)9-21-12;1-9-8-21-11-6-5-10(18)13-12(24-17(23-9)14(11)13)7-19-15(20)22-16(2,3)4/h6-7,11,13H,8-9H2,1-5H3,(H,19,20);5-6,9,12H,7-8H2,1-4H3,(H,19,20). The molecule has 0 bridgehead atoms. The van der Waals surface area contributed by atoms with E-state index in [1.165, 1.54) is 0 Å². The average Bonchev–Trinajstić information content (AvgIpc) is 3.41. The van der Waals surface area contributed by atoms with Crippen LogP contribution in [0.4, 0.5) is 9.59 Å². The summed E-state index contributed by atoms with van der Waals surface area (Å²) in [6.45, 7) is 18.5. The van der Waals surface area contributed by atoms with Crippen LogP contribution in [0.25, 0.3) is 0 Å². The van der Waals surface area contributed by atoms with Crippen LogP contribution in [0.3, 0.4) is 0 Å². The van der Waals surface area contributed by atoms with Crippen LogP contribution in [0.2, 0.25) is 0 Å². The molecule has 0 fully saturated rings. The first-order chi connectivity index (χ1) is 22.5. The molecule has 4 aliphatic heterocycles. The largest absolute Gasteiger partial charge is 0.498 e. The van der Waals surface area contributed by atoms with E-state index in [0.29, 0.717) is 19.8 Å². The third kappa shape index (κ3) is 8.78. The van der Waals surface area contributed by atoms with Gasteiger partial charge in [0.05, 0.1) is 24.4 Å². The lowest BCUT2D eigenvalue weighted by atomic mass is 9.76. The summed E-state index contributed by atoms with van der Waals surface area (Å²) in [7, 11) is -0.951. The van der Waals surface area contributed by atoms with Crippen LogP contribution < -0.4 is 31.0 Å². The van der Waals surface area contributed by atoms with Crippen molar-refractivity contribution >= 4 is 53.3 Å². The first-order valence-electron chi connectivity index (χ1n) is 16.3. The molecule has 2 N–H and O–H groups in total. The summed E-state index contributed by atoms with van der Waals surface area (Å²) in [5.74, 6) is 1.56. The Labute approximate surface area is 291 Å². The highest BCUT2D eigenvalue weighted by Crippen LogP contribution is 2.36. The van der Waals surface area contributed by atoms with Gasteiger partial charge in [-0.15, -0.1) is 0 Å². The van der Waals surface area contributed by atoms with E-state index in [1.54, 1.807) is 0 Å². The summed E-state index contributed by atoms with van der Waals surface area (Å²) in [5, 5.41) is 5.54. The predicted molar refractivity (Wildman–Crippen MR) is 184 cm³/mol. The van der Waals surface area contributed by atoms with Crippen molar-refractivity contribution in [2.45, 2.75) is 97.9 Å².